The monoisotopic (exact) mass is 451 g/mol. The number of para-hydroxylation sites is 1. The first-order valence-corrected chi connectivity index (χ1v) is 11.5. The van der Waals surface area contributed by atoms with E-state index in [9.17, 15) is 14.4 Å². The number of thioether (sulfide) groups is 1. The SMILES string of the molecule is N#CCCN(C(=O)COC(=O)c1ccccc1SCC(=O)N1CCCC1)c1ccccc1. The summed E-state index contributed by atoms with van der Waals surface area (Å²) in [6.45, 7) is 1.34. The first kappa shape index (κ1) is 23.4. The van der Waals surface area contributed by atoms with Gasteiger partial charge in [-0.3, -0.25) is 9.59 Å². The first-order valence-electron chi connectivity index (χ1n) is 10.5. The largest absolute Gasteiger partial charge is 0.452 e. The lowest BCUT2D eigenvalue weighted by Crippen LogP contribution is -2.35. The summed E-state index contributed by atoms with van der Waals surface area (Å²) in [5.41, 5.74) is 0.961. The molecule has 0 unspecified atom stereocenters. The topological polar surface area (TPSA) is 90.7 Å². The summed E-state index contributed by atoms with van der Waals surface area (Å²) in [4.78, 5) is 41.6. The Labute approximate surface area is 191 Å². The number of rotatable bonds is 9. The molecule has 1 fully saturated rings. The molecule has 0 N–H and O–H groups in total. The van der Waals surface area contributed by atoms with Crippen molar-refractivity contribution < 1.29 is 19.1 Å². The van der Waals surface area contributed by atoms with Gasteiger partial charge in [0.2, 0.25) is 5.91 Å². The van der Waals surface area contributed by atoms with E-state index in [2.05, 4.69) is 0 Å². The van der Waals surface area contributed by atoms with E-state index in [1.165, 1.54) is 16.7 Å². The van der Waals surface area contributed by atoms with E-state index >= 15 is 0 Å². The molecule has 166 valence electrons. The predicted octanol–water partition coefficient (Wildman–Crippen LogP) is 3.50. The van der Waals surface area contributed by atoms with E-state index in [0.717, 1.165) is 25.9 Å². The zero-order valence-corrected chi connectivity index (χ0v) is 18.6. The number of esters is 1. The molecule has 0 aromatic heterocycles. The van der Waals surface area contributed by atoms with Gasteiger partial charge >= 0.3 is 5.97 Å². The van der Waals surface area contributed by atoms with Crippen LogP contribution in [0.15, 0.2) is 59.5 Å². The molecular formula is C24H25N3O4S. The summed E-state index contributed by atoms with van der Waals surface area (Å²) >= 11 is 1.30. The van der Waals surface area contributed by atoms with Crippen molar-refractivity contribution >= 4 is 35.2 Å². The molecule has 7 nitrogen and oxygen atoms in total. The number of amides is 2. The van der Waals surface area contributed by atoms with Gasteiger partial charge in [-0.25, -0.2) is 4.79 Å². The predicted molar refractivity (Wildman–Crippen MR) is 122 cm³/mol. The lowest BCUT2D eigenvalue weighted by molar-refractivity contribution is -0.127. The maximum absolute atomic E-state index is 12.7. The smallest absolute Gasteiger partial charge is 0.339 e. The van der Waals surface area contributed by atoms with Gasteiger partial charge in [0.1, 0.15) is 0 Å². The van der Waals surface area contributed by atoms with E-state index in [-0.39, 0.29) is 24.6 Å². The fourth-order valence-corrected chi connectivity index (χ4v) is 4.35. The van der Waals surface area contributed by atoms with Crippen molar-refractivity contribution in [2.75, 3.05) is 36.9 Å². The van der Waals surface area contributed by atoms with Gasteiger partial charge in [-0.15, -0.1) is 11.8 Å². The quantitative estimate of drug-likeness (QED) is 0.428. The Balaban J connectivity index is 1.60. The maximum atomic E-state index is 12.7. The first-order chi connectivity index (χ1) is 15.6. The van der Waals surface area contributed by atoms with Gasteiger partial charge in [-0.05, 0) is 37.1 Å². The second kappa shape index (κ2) is 11.9. The standard InChI is InChI=1S/C24H25N3O4S/c25-13-8-16-27(19-9-2-1-3-10-19)22(28)17-31-24(30)20-11-4-5-12-21(20)32-18-23(29)26-14-6-7-15-26/h1-5,9-12H,6-8,14-18H2. The normalized spacial score (nSPS) is 12.8. The van der Waals surface area contributed by atoms with Crippen molar-refractivity contribution in [3.05, 3.63) is 60.2 Å². The van der Waals surface area contributed by atoms with Crippen LogP contribution < -0.4 is 4.90 Å². The molecule has 0 bridgehead atoms. The molecule has 0 atom stereocenters. The van der Waals surface area contributed by atoms with Crippen molar-refractivity contribution in [2.45, 2.75) is 24.2 Å². The van der Waals surface area contributed by atoms with Crippen LogP contribution in [0.5, 0.6) is 0 Å². The molecule has 0 radical (unpaired) electrons. The highest BCUT2D eigenvalue weighted by Crippen LogP contribution is 2.24. The van der Waals surface area contributed by atoms with Gasteiger partial charge in [0, 0.05) is 30.2 Å². The summed E-state index contributed by atoms with van der Waals surface area (Å²) in [5.74, 6) is -0.724. The molecule has 2 amide bonds. The summed E-state index contributed by atoms with van der Waals surface area (Å²) in [6, 6.07) is 17.9. The van der Waals surface area contributed by atoms with Crippen LogP contribution in [-0.2, 0) is 14.3 Å². The number of hydrogen-bond acceptors (Lipinski definition) is 6. The highest BCUT2D eigenvalue weighted by molar-refractivity contribution is 8.00. The van der Waals surface area contributed by atoms with Crippen LogP contribution in [-0.4, -0.2) is 54.7 Å². The summed E-state index contributed by atoms with van der Waals surface area (Å²) in [7, 11) is 0. The lowest BCUT2D eigenvalue weighted by Gasteiger charge is -2.21. The van der Waals surface area contributed by atoms with Crippen LogP contribution >= 0.6 is 11.8 Å². The van der Waals surface area contributed by atoms with E-state index in [0.29, 0.717) is 16.1 Å². The average molecular weight is 452 g/mol. The van der Waals surface area contributed by atoms with Crippen LogP contribution in [0.2, 0.25) is 0 Å². The van der Waals surface area contributed by atoms with E-state index in [1.54, 1.807) is 48.5 Å². The third kappa shape index (κ3) is 6.34. The van der Waals surface area contributed by atoms with Crippen LogP contribution in [0.1, 0.15) is 29.6 Å². The van der Waals surface area contributed by atoms with Crippen molar-refractivity contribution in [2.24, 2.45) is 0 Å². The highest BCUT2D eigenvalue weighted by atomic mass is 32.2. The minimum atomic E-state index is -0.622. The average Bonchev–Trinajstić information content (AvgIpc) is 3.37. The molecule has 1 heterocycles. The molecule has 1 aliphatic rings. The number of benzene rings is 2. The Hall–Kier alpha value is -3.31. The van der Waals surface area contributed by atoms with Gasteiger partial charge in [-0.2, -0.15) is 5.26 Å². The summed E-state index contributed by atoms with van der Waals surface area (Å²) in [6.07, 6.45) is 2.22. The van der Waals surface area contributed by atoms with E-state index in [1.807, 2.05) is 17.0 Å². The van der Waals surface area contributed by atoms with Crippen molar-refractivity contribution in [1.82, 2.24) is 4.90 Å². The molecule has 1 aliphatic heterocycles. The number of carbonyl (C=O) groups is 3. The molecule has 2 aromatic rings. The maximum Gasteiger partial charge on any atom is 0.339 e. The van der Waals surface area contributed by atoms with Crippen LogP contribution in [0.3, 0.4) is 0 Å². The molecule has 0 spiro atoms. The van der Waals surface area contributed by atoms with E-state index in [4.69, 9.17) is 10.00 Å². The van der Waals surface area contributed by atoms with Gasteiger partial charge in [0.25, 0.3) is 5.91 Å². The zero-order chi connectivity index (χ0) is 22.8. The Morgan fingerprint density at radius 1 is 1.03 bits per heavy atom. The number of hydrogen-bond donors (Lipinski definition) is 0. The Morgan fingerprint density at radius 2 is 1.72 bits per heavy atom. The van der Waals surface area contributed by atoms with Crippen LogP contribution in [0, 0.1) is 11.3 Å². The summed E-state index contributed by atoms with van der Waals surface area (Å²) < 4.78 is 5.30. The van der Waals surface area contributed by atoms with Crippen molar-refractivity contribution in [3.8, 4) is 6.07 Å². The Bertz CT molecular complexity index is 984. The van der Waals surface area contributed by atoms with Crippen molar-refractivity contribution in [1.29, 1.82) is 5.26 Å². The Kier molecular flexibility index (Phi) is 8.70. The minimum Gasteiger partial charge on any atom is -0.452 e. The minimum absolute atomic E-state index is 0.0573. The molecule has 2 aromatic carbocycles. The summed E-state index contributed by atoms with van der Waals surface area (Å²) in [5, 5.41) is 8.90. The number of nitrogens with zero attached hydrogens (tertiary/aromatic N) is 3. The fraction of sp³-hybridized carbons (Fsp3) is 0.333. The molecule has 0 aliphatic carbocycles. The second-order valence-electron chi connectivity index (χ2n) is 7.24. The number of carbonyl (C=O) groups excluding carboxylic acids is 3. The van der Waals surface area contributed by atoms with Gasteiger partial charge in [-0.1, -0.05) is 30.3 Å². The molecular weight excluding hydrogens is 426 g/mol. The van der Waals surface area contributed by atoms with Gasteiger partial charge < -0.3 is 14.5 Å². The number of anilines is 1. The zero-order valence-electron chi connectivity index (χ0n) is 17.7. The second-order valence-corrected chi connectivity index (χ2v) is 8.26. The highest BCUT2D eigenvalue weighted by Gasteiger charge is 2.21. The molecule has 32 heavy (non-hydrogen) atoms. The third-order valence-electron chi connectivity index (χ3n) is 5.06. The number of ether oxygens (including phenoxy) is 1. The molecule has 1 saturated heterocycles. The van der Waals surface area contributed by atoms with Gasteiger partial charge in [0.15, 0.2) is 6.61 Å². The Morgan fingerprint density at radius 3 is 2.44 bits per heavy atom. The van der Waals surface area contributed by atoms with Crippen molar-refractivity contribution in [3.63, 3.8) is 0 Å². The van der Waals surface area contributed by atoms with Crippen LogP contribution in [0.25, 0.3) is 0 Å². The van der Waals surface area contributed by atoms with E-state index < -0.39 is 18.5 Å². The lowest BCUT2D eigenvalue weighted by atomic mass is 10.2. The van der Waals surface area contributed by atoms with Gasteiger partial charge in [0.05, 0.1) is 23.8 Å². The molecule has 3 rings (SSSR count). The number of likely N-dealkylation sites (tertiary alicyclic amines) is 1. The molecule has 0 saturated carbocycles. The molecule has 8 heteroatoms. The third-order valence-corrected chi connectivity index (χ3v) is 6.12. The number of nitriles is 1. The fourth-order valence-electron chi connectivity index (χ4n) is 3.41. The van der Waals surface area contributed by atoms with Crippen LogP contribution in [0.4, 0.5) is 5.69 Å².